The number of thioether (sulfide) groups is 1. The highest BCUT2D eigenvalue weighted by Gasteiger charge is 2.16. The number of anilines is 1. The summed E-state index contributed by atoms with van der Waals surface area (Å²) in [7, 11) is 0. The second-order valence-corrected chi connectivity index (χ2v) is 6.08. The van der Waals surface area contributed by atoms with E-state index in [1.165, 1.54) is 18.7 Å². The van der Waals surface area contributed by atoms with Crippen molar-refractivity contribution in [2.24, 2.45) is 0 Å². The van der Waals surface area contributed by atoms with Crippen LogP contribution in [0.2, 0.25) is 0 Å². The lowest BCUT2D eigenvalue weighted by molar-refractivity contribution is -0.139. The first kappa shape index (κ1) is 20.3. The van der Waals surface area contributed by atoms with Crippen LogP contribution in [0.5, 0.6) is 0 Å². The van der Waals surface area contributed by atoms with Crippen LogP contribution >= 0.6 is 11.8 Å². The molecule has 0 saturated carbocycles. The highest BCUT2D eigenvalue weighted by Crippen LogP contribution is 2.11. The molecule has 132 valence electrons. The Morgan fingerprint density at radius 2 is 1.96 bits per heavy atom. The summed E-state index contributed by atoms with van der Waals surface area (Å²) in [6.07, 6.45) is 3.33. The number of nitrogens with zero attached hydrogens (tertiary/aromatic N) is 1. The minimum Gasteiger partial charge on any atom is -0.480 e. The molecule has 1 unspecified atom stereocenters. The maximum atomic E-state index is 12.1. The summed E-state index contributed by atoms with van der Waals surface area (Å²) in [5.74, 6) is -1.18. The van der Waals surface area contributed by atoms with E-state index in [0.717, 1.165) is 6.20 Å². The summed E-state index contributed by atoms with van der Waals surface area (Å²) in [5.41, 5.74) is 0.688. The number of ketones is 1. The van der Waals surface area contributed by atoms with E-state index in [9.17, 15) is 14.4 Å². The van der Waals surface area contributed by atoms with Gasteiger partial charge in [0, 0.05) is 17.5 Å². The fraction of sp³-hybridized carbons (Fsp3) is 0.294. The van der Waals surface area contributed by atoms with E-state index < -0.39 is 17.9 Å². The Kier molecular flexibility index (Phi) is 8.23. The van der Waals surface area contributed by atoms with Gasteiger partial charge in [0.25, 0.3) is 5.91 Å². The van der Waals surface area contributed by atoms with E-state index >= 15 is 0 Å². The van der Waals surface area contributed by atoms with Crippen LogP contribution in [-0.4, -0.2) is 40.8 Å². The van der Waals surface area contributed by atoms with Crippen molar-refractivity contribution >= 4 is 35.1 Å². The molecule has 1 amide bonds. The van der Waals surface area contributed by atoms with Crippen molar-refractivity contribution < 1.29 is 19.5 Å². The minimum atomic E-state index is -1.05. The van der Waals surface area contributed by atoms with Gasteiger partial charge in [0.05, 0.1) is 0 Å². The number of carbonyl (C=O) groups excluding carboxylic acids is 2. The number of nitriles is 1. The van der Waals surface area contributed by atoms with Gasteiger partial charge in [-0.2, -0.15) is 17.0 Å². The quantitative estimate of drug-likeness (QED) is 0.350. The number of Topliss-reactive ketones (excluding diaryl/α,β-unsaturated/α-hetero) is 1. The minimum absolute atomic E-state index is 0.0929. The van der Waals surface area contributed by atoms with Crippen LogP contribution in [-0.2, 0) is 9.59 Å². The molecular weight excluding hydrogens is 342 g/mol. The lowest BCUT2D eigenvalue weighted by Crippen LogP contribution is -2.34. The zero-order chi connectivity index (χ0) is 18.8. The molecule has 1 atom stereocenters. The first-order valence-corrected chi connectivity index (χ1v) is 8.78. The van der Waals surface area contributed by atoms with E-state index in [1.54, 1.807) is 30.3 Å². The topological polar surface area (TPSA) is 119 Å². The molecule has 0 bridgehead atoms. The second-order valence-electron chi connectivity index (χ2n) is 5.10. The summed E-state index contributed by atoms with van der Waals surface area (Å²) in [5, 5.41) is 23.3. The van der Waals surface area contributed by atoms with Gasteiger partial charge in [-0.25, -0.2) is 4.79 Å². The number of rotatable bonds is 9. The number of nitrogens with one attached hydrogen (secondary N) is 2. The summed E-state index contributed by atoms with van der Waals surface area (Å²) < 4.78 is 0. The van der Waals surface area contributed by atoms with Crippen LogP contribution in [0.1, 0.15) is 23.7 Å². The number of hydrogen-bond donors (Lipinski definition) is 3. The van der Waals surface area contributed by atoms with Gasteiger partial charge in [0.1, 0.15) is 17.7 Å². The van der Waals surface area contributed by atoms with Crippen LogP contribution in [0.15, 0.2) is 36.0 Å². The maximum absolute atomic E-state index is 12.1. The summed E-state index contributed by atoms with van der Waals surface area (Å²) in [6.45, 7) is 1.44. The van der Waals surface area contributed by atoms with E-state index in [-0.39, 0.29) is 11.4 Å². The number of benzene rings is 1. The van der Waals surface area contributed by atoms with Gasteiger partial charge < -0.3 is 15.7 Å². The van der Waals surface area contributed by atoms with E-state index in [2.05, 4.69) is 10.6 Å². The van der Waals surface area contributed by atoms with Gasteiger partial charge in [0.15, 0.2) is 5.78 Å². The number of carboxylic acids is 1. The molecule has 0 aliphatic heterocycles. The lowest BCUT2D eigenvalue weighted by Gasteiger charge is -2.12. The first-order valence-electron chi connectivity index (χ1n) is 7.39. The highest BCUT2D eigenvalue weighted by atomic mass is 32.2. The highest BCUT2D eigenvalue weighted by molar-refractivity contribution is 7.98. The van der Waals surface area contributed by atoms with Gasteiger partial charge >= 0.3 is 5.97 Å². The van der Waals surface area contributed by atoms with Crippen LogP contribution in [0.3, 0.4) is 0 Å². The number of amides is 1. The molecule has 0 aliphatic rings. The Morgan fingerprint density at radius 3 is 2.44 bits per heavy atom. The predicted molar refractivity (Wildman–Crippen MR) is 96.3 cm³/mol. The van der Waals surface area contributed by atoms with E-state index in [4.69, 9.17) is 10.4 Å². The molecule has 0 saturated heterocycles. The van der Waals surface area contributed by atoms with Crippen molar-refractivity contribution in [2.45, 2.75) is 19.4 Å². The molecule has 0 spiro atoms. The summed E-state index contributed by atoms with van der Waals surface area (Å²) in [6, 6.07) is 7.09. The van der Waals surface area contributed by atoms with Crippen LogP contribution in [0, 0.1) is 11.3 Å². The average Bonchev–Trinajstić information content (AvgIpc) is 2.58. The number of carbonyl (C=O) groups is 3. The fourth-order valence-corrected chi connectivity index (χ4v) is 2.30. The summed E-state index contributed by atoms with van der Waals surface area (Å²) in [4.78, 5) is 34.5. The van der Waals surface area contributed by atoms with Crippen LogP contribution in [0.25, 0.3) is 0 Å². The fourth-order valence-electron chi connectivity index (χ4n) is 1.83. The van der Waals surface area contributed by atoms with Crippen molar-refractivity contribution in [3.8, 4) is 6.07 Å². The lowest BCUT2D eigenvalue weighted by atomic mass is 10.1. The van der Waals surface area contributed by atoms with Crippen molar-refractivity contribution in [3.63, 3.8) is 0 Å². The first-order chi connectivity index (χ1) is 11.9. The zero-order valence-electron chi connectivity index (χ0n) is 13.9. The molecule has 1 aromatic carbocycles. The molecule has 0 radical (unpaired) electrons. The van der Waals surface area contributed by atoms with Gasteiger partial charge in [0.2, 0.25) is 0 Å². The number of carboxylic acid groups (broad SMARTS) is 1. The van der Waals surface area contributed by atoms with E-state index in [0.29, 0.717) is 23.4 Å². The molecule has 7 nitrogen and oxygen atoms in total. The van der Waals surface area contributed by atoms with Gasteiger partial charge in [-0.05, 0) is 49.6 Å². The Morgan fingerprint density at radius 1 is 1.32 bits per heavy atom. The predicted octanol–water partition coefficient (Wildman–Crippen LogP) is 2.03. The second kappa shape index (κ2) is 10.2. The third-order valence-electron chi connectivity index (χ3n) is 3.25. The van der Waals surface area contributed by atoms with Crippen molar-refractivity contribution in [1.82, 2.24) is 5.32 Å². The van der Waals surface area contributed by atoms with Crippen LogP contribution < -0.4 is 10.6 Å². The smallest absolute Gasteiger partial charge is 0.326 e. The third-order valence-corrected chi connectivity index (χ3v) is 3.90. The Hall–Kier alpha value is -2.79. The van der Waals surface area contributed by atoms with Crippen molar-refractivity contribution in [2.75, 3.05) is 17.3 Å². The molecule has 0 fully saturated rings. The van der Waals surface area contributed by atoms with Crippen molar-refractivity contribution in [1.29, 1.82) is 5.26 Å². The molecule has 0 heterocycles. The molecule has 3 N–H and O–H groups in total. The molecule has 1 rings (SSSR count). The molecular formula is C17H19N3O4S. The largest absolute Gasteiger partial charge is 0.480 e. The number of hydrogen-bond acceptors (Lipinski definition) is 6. The Bertz CT molecular complexity index is 708. The normalized spacial score (nSPS) is 12.0. The van der Waals surface area contributed by atoms with Gasteiger partial charge in [-0.3, -0.25) is 9.59 Å². The summed E-state index contributed by atoms with van der Waals surface area (Å²) >= 11 is 1.51. The number of aliphatic carboxylic acids is 1. The van der Waals surface area contributed by atoms with Gasteiger partial charge in [-0.15, -0.1) is 0 Å². The molecule has 1 aromatic rings. The Labute approximate surface area is 150 Å². The molecule has 8 heteroatoms. The van der Waals surface area contributed by atoms with Gasteiger partial charge in [-0.1, -0.05) is 0 Å². The monoisotopic (exact) mass is 361 g/mol. The molecule has 0 aliphatic carbocycles. The molecule has 25 heavy (non-hydrogen) atoms. The standard InChI is InChI=1S/C17H19N3O4S/c1-11(21)12-3-5-14(6-4-12)20-16(22)13(9-18)10-19-15(17(23)24)7-8-25-2/h3-6,10,15,19H,7-8H2,1-2H3,(H,20,22)(H,23,24)/b13-10-. The molecule has 0 aromatic heterocycles. The third kappa shape index (κ3) is 6.69. The average molecular weight is 361 g/mol. The van der Waals surface area contributed by atoms with Crippen molar-refractivity contribution in [3.05, 3.63) is 41.6 Å². The zero-order valence-corrected chi connectivity index (χ0v) is 14.7. The Balaban J connectivity index is 2.77. The van der Waals surface area contributed by atoms with E-state index in [1.807, 2.05) is 6.26 Å². The maximum Gasteiger partial charge on any atom is 0.326 e. The van der Waals surface area contributed by atoms with Crippen LogP contribution in [0.4, 0.5) is 5.69 Å². The SMILES string of the molecule is CSCCC(N/C=C(/C#N)C(=O)Nc1ccc(C(C)=O)cc1)C(=O)O.